The predicted octanol–water partition coefficient (Wildman–Crippen LogP) is 2.22. The normalized spacial score (nSPS) is 12.9. The fourth-order valence-corrected chi connectivity index (χ4v) is 3.10. The van der Waals surface area contributed by atoms with E-state index in [1.54, 1.807) is 0 Å². The van der Waals surface area contributed by atoms with E-state index in [-0.39, 0.29) is 39.4 Å². The first-order valence-corrected chi connectivity index (χ1v) is 9.65. The van der Waals surface area contributed by atoms with Crippen molar-refractivity contribution in [3.63, 3.8) is 0 Å². The topological polar surface area (TPSA) is 141 Å². The Morgan fingerprint density at radius 1 is 1.17 bits per heavy atom. The molecule has 16 heteroatoms. The van der Waals surface area contributed by atoms with Crippen LogP contribution in [0.3, 0.4) is 0 Å². The smallest absolute Gasteiger partial charge is 0.460 e. The number of H-pyrrole nitrogens is 2. The highest BCUT2D eigenvalue weighted by Gasteiger charge is 2.31. The molecule has 0 saturated heterocycles. The van der Waals surface area contributed by atoms with Gasteiger partial charge in [-0.2, -0.15) is 0 Å². The minimum absolute atomic E-state index is 0.00845. The number of fused-ring (bicyclic) bond motifs is 1. The third-order valence-electron chi connectivity index (χ3n) is 4.65. The molecule has 0 fully saturated rings. The second kappa shape index (κ2) is 9.21. The van der Waals surface area contributed by atoms with Crippen molar-refractivity contribution < 1.29 is 31.4 Å². The van der Waals surface area contributed by atoms with Crippen molar-refractivity contribution in [3.8, 4) is 17.1 Å². The monoisotopic (exact) mass is 499 g/mol. The molecule has 35 heavy (non-hydrogen) atoms. The largest absolute Gasteiger partial charge is 0.522 e. The zero-order valence-corrected chi connectivity index (χ0v) is 17.5. The minimum atomic E-state index is -4.90. The highest BCUT2D eigenvalue weighted by molar-refractivity contribution is 5.84. The van der Waals surface area contributed by atoms with Crippen molar-refractivity contribution in [2.75, 3.05) is 0 Å². The molecule has 0 spiro atoms. The number of aromatic amines is 2. The maximum absolute atomic E-state index is 13.9. The summed E-state index contributed by atoms with van der Waals surface area (Å²) in [5.74, 6) is -0.316. The van der Waals surface area contributed by atoms with Crippen LogP contribution in [0.4, 0.5) is 22.0 Å². The molecule has 2 N–H and O–H groups in total. The lowest BCUT2D eigenvalue weighted by Gasteiger charge is -2.17. The van der Waals surface area contributed by atoms with E-state index in [1.165, 1.54) is 23.9 Å². The first-order valence-electron chi connectivity index (χ1n) is 9.65. The zero-order valence-electron chi connectivity index (χ0n) is 17.5. The molecule has 4 aromatic rings. The van der Waals surface area contributed by atoms with Crippen LogP contribution in [0.5, 0.6) is 5.88 Å². The van der Waals surface area contributed by atoms with Crippen molar-refractivity contribution in [3.05, 3.63) is 62.7 Å². The van der Waals surface area contributed by atoms with Crippen LogP contribution in [0.1, 0.15) is 17.4 Å². The molecule has 184 valence electrons. The summed E-state index contributed by atoms with van der Waals surface area (Å²) in [6.45, 7) is -0.909. The molecule has 0 aliphatic carbocycles. The summed E-state index contributed by atoms with van der Waals surface area (Å²) in [6.07, 6.45) is -7.90. The van der Waals surface area contributed by atoms with Gasteiger partial charge in [-0.1, -0.05) is 0 Å². The van der Waals surface area contributed by atoms with Gasteiger partial charge >= 0.3 is 12.1 Å². The molecule has 1 atom stereocenters. The van der Waals surface area contributed by atoms with Gasteiger partial charge in [0.25, 0.3) is 12.0 Å². The number of ether oxygens (including phenoxy) is 2. The molecule has 0 amide bonds. The summed E-state index contributed by atoms with van der Waals surface area (Å²) in [5.41, 5.74) is -1.86. The van der Waals surface area contributed by atoms with Crippen LogP contribution in [0.15, 0.2) is 40.2 Å². The summed E-state index contributed by atoms with van der Waals surface area (Å²) in [4.78, 5) is 31.4. The standard InChI is InChI=1S/C19H14F5N7O4/c1-31-15-9(5-11(28-29-15)10-6-26-18(33)27-16(10)32)17(30-31)35-13(14(20)21)12-4-8(2-3-25-12)7-34-19(22,23)24/h2-6,13-14H,7H2,1H3,(H2,26,27,32,33)/t13-/m1/s1. The molecule has 0 bridgehead atoms. The average Bonchev–Trinajstić information content (AvgIpc) is 3.10. The number of halogens is 5. The molecule has 0 unspecified atom stereocenters. The summed E-state index contributed by atoms with van der Waals surface area (Å²) in [5, 5.41) is 11.9. The molecule has 0 aliphatic heterocycles. The zero-order chi connectivity index (χ0) is 25.3. The molecular formula is C19H14F5N7O4. The van der Waals surface area contributed by atoms with E-state index >= 15 is 0 Å². The van der Waals surface area contributed by atoms with Crippen LogP contribution in [-0.4, -0.2) is 47.7 Å². The van der Waals surface area contributed by atoms with Crippen LogP contribution >= 0.6 is 0 Å². The Bertz CT molecular complexity index is 1480. The first-order chi connectivity index (χ1) is 16.5. The fourth-order valence-electron chi connectivity index (χ4n) is 3.10. The number of aryl methyl sites for hydroxylation is 1. The second-order valence-electron chi connectivity index (χ2n) is 7.08. The number of alkyl halides is 5. The lowest BCUT2D eigenvalue weighted by Crippen LogP contribution is -2.22. The Labute approximate surface area is 190 Å². The van der Waals surface area contributed by atoms with Gasteiger partial charge in [0.05, 0.1) is 23.3 Å². The number of rotatable bonds is 7. The Morgan fingerprint density at radius 3 is 2.63 bits per heavy atom. The van der Waals surface area contributed by atoms with Crippen molar-refractivity contribution in [2.45, 2.75) is 25.5 Å². The highest BCUT2D eigenvalue weighted by Crippen LogP contribution is 2.32. The molecular weight excluding hydrogens is 485 g/mol. The van der Waals surface area contributed by atoms with Gasteiger partial charge in [0.1, 0.15) is 5.69 Å². The van der Waals surface area contributed by atoms with Crippen LogP contribution in [-0.2, 0) is 18.4 Å². The van der Waals surface area contributed by atoms with Crippen LogP contribution in [0, 0.1) is 0 Å². The number of nitrogens with zero attached hydrogens (tertiary/aromatic N) is 5. The number of nitrogens with one attached hydrogen (secondary N) is 2. The van der Waals surface area contributed by atoms with Gasteiger partial charge in [-0.3, -0.25) is 19.5 Å². The SMILES string of the molecule is Cn1nc(O[C@H](c2cc(COC(F)(F)F)ccn2)C(F)F)c2cc(-c3c[nH]c(=O)[nH]c3=O)nnc21. The predicted molar refractivity (Wildman–Crippen MR) is 107 cm³/mol. The molecule has 11 nitrogen and oxygen atoms in total. The van der Waals surface area contributed by atoms with Gasteiger partial charge in [0.2, 0.25) is 12.0 Å². The maximum Gasteiger partial charge on any atom is 0.522 e. The van der Waals surface area contributed by atoms with Crippen LogP contribution in [0.25, 0.3) is 22.3 Å². The van der Waals surface area contributed by atoms with Crippen molar-refractivity contribution in [2.24, 2.45) is 7.05 Å². The molecule has 4 heterocycles. The highest BCUT2D eigenvalue weighted by atomic mass is 19.4. The molecule has 0 aliphatic rings. The van der Waals surface area contributed by atoms with Gasteiger partial charge in [0, 0.05) is 19.4 Å². The molecule has 4 aromatic heterocycles. The van der Waals surface area contributed by atoms with Crippen LogP contribution < -0.4 is 16.0 Å². The Balaban J connectivity index is 1.70. The van der Waals surface area contributed by atoms with E-state index in [1.807, 2.05) is 4.98 Å². The Hall–Kier alpha value is -4.21. The van der Waals surface area contributed by atoms with E-state index in [2.05, 4.69) is 30.0 Å². The Kier molecular flexibility index (Phi) is 6.29. The molecule has 0 radical (unpaired) electrons. The third-order valence-corrected chi connectivity index (χ3v) is 4.65. The molecule has 4 rings (SSSR count). The third kappa shape index (κ3) is 5.32. The van der Waals surface area contributed by atoms with E-state index in [0.717, 1.165) is 18.5 Å². The van der Waals surface area contributed by atoms with E-state index in [9.17, 15) is 31.5 Å². The van der Waals surface area contributed by atoms with Crippen molar-refractivity contribution in [1.82, 2.24) is 34.9 Å². The second-order valence-corrected chi connectivity index (χ2v) is 7.08. The van der Waals surface area contributed by atoms with Gasteiger partial charge in [-0.05, 0) is 23.8 Å². The average molecular weight is 499 g/mol. The summed E-state index contributed by atoms with van der Waals surface area (Å²) in [7, 11) is 1.45. The maximum atomic E-state index is 13.9. The quantitative estimate of drug-likeness (QED) is 0.369. The molecule has 0 saturated carbocycles. The number of pyridine rings is 1. The van der Waals surface area contributed by atoms with E-state index < -0.39 is 36.7 Å². The van der Waals surface area contributed by atoms with Gasteiger partial charge in [-0.15, -0.1) is 28.5 Å². The lowest BCUT2D eigenvalue weighted by atomic mass is 10.1. The van der Waals surface area contributed by atoms with Gasteiger partial charge < -0.3 is 9.72 Å². The lowest BCUT2D eigenvalue weighted by molar-refractivity contribution is -0.330. The molecule has 0 aromatic carbocycles. The summed E-state index contributed by atoms with van der Waals surface area (Å²) >= 11 is 0. The first kappa shape index (κ1) is 23.9. The number of hydrogen-bond donors (Lipinski definition) is 2. The minimum Gasteiger partial charge on any atom is -0.460 e. The van der Waals surface area contributed by atoms with Crippen LogP contribution in [0.2, 0.25) is 0 Å². The Morgan fingerprint density at radius 2 is 1.94 bits per heavy atom. The van der Waals surface area contributed by atoms with Gasteiger partial charge in [0.15, 0.2) is 5.65 Å². The number of hydrogen-bond acceptors (Lipinski definition) is 8. The van der Waals surface area contributed by atoms with Crippen molar-refractivity contribution >= 4 is 11.0 Å². The fraction of sp³-hybridized carbons (Fsp3) is 0.263. The van der Waals surface area contributed by atoms with E-state index in [0.29, 0.717) is 0 Å². The number of aromatic nitrogens is 7. The van der Waals surface area contributed by atoms with E-state index in [4.69, 9.17) is 4.74 Å². The summed E-state index contributed by atoms with van der Waals surface area (Å²) in [6, 6.07) is 3.48. The summed E-state index contributed by atoms with van der Waals surface area (Å²) < 4.78 is 75.1. The van der Waals surface area contributed by atoms with Crippen molar-refractivity contribution in [1.29, 1.82) is 0 Å². The van der Waals surface area contributed by atoms with Gasteiger partial charge in [-0.25, -0.2) is 18.3 Å².